The molecule has 3 aromatic rings. The van der Waals surface area contributed by atoms with E-state index < -0.39 is 16.6 Å². The second-order valence-corrected chi connectivity index (χ2v) is 7.70. The Morgan fingerprint density at radius 2 is 2.11 bits per heavy atom. The molecule has 1 aromatic carbocycles. The van der Waals surface area contributed by atoms with Gasteiger partial charge in [-0.2, -0.15) is 0 Å². The molecule has 0 saturated carbocycles. The fourth-order valence-corrected chi connectivity index (χ4v) is 4.56. The number of fused-ring (bicyclic) bond motifs is 5. The fraction of sp³-hybridized carbons (Fsp3) is 0.250. The van der Waals surface area contributed by atoms with Gasteiger partial charge in [-0.25, -0.2) is 9.78 Å². The lowest BCUT2D eigenvalue weighted by Gasteiger charge is -2.34. The molecule has 136 valence electrons. The summed E-state index contributed by atoms with van der Waals surface area (Å²) in [5, 5.41) is 11.1. The van der Waals surface area contributed by atoms with Crippen molar-refractivity contribution >= 4 is 32.8 Å². The van der Waals surface area contributed by atoms with Crippen molar-refractivity contribution in [1.29, 1.82) is 0 Å². The number of aromatic nitrogens is 2. The van der Waals surface area contributed by atoms with Crippen molar-refractivity contribution in [1.82, 2.24) is 9.55 Å². The number of alkyl halides is 1. The maximum absolute atomic E-state index is 13.2. The van der Waals surface area contributed by atoms with Gasteiger partial charge in [-0.3, -0.25) is 4.79 Å². The summed E-state index contributed by atoms with van der Waals surface area (Å²) in [4.78, 5) is 30.2. The number of nitrogens with zero attached hydrogens (tertiary/aromatic N) is 2. The van der Waals surface area contributed by atoms with Crippen molar-refractivity contribution in [3.05, 3.63) is 63.4 Å². The van der Waals surface area contributed by atoms with E-state index in [0.717, 1.165) is 16.5 Å². The number of carbonyl (C=O) groups is 1. The third-order valence-corrected chi connectivity index (χ3v) is 6.09. The predicted octanol–water partition coefficient (Wildman–Crippen LogP) is 2.97. The number of cyclic esters (lactones) is 1. The van der Waals surface area contributed by atoms with Crippen LogP contribution >= 0.6 is 15.9 Å². The number of ether oxygens (including phenoxy) is 1. The lowest BCUT2D eigenvalue weighted by atomic mass is 9.86. The maximum Gasteiger partial charge on any atom is 0.344 e. The van der Waals surface area contributed by atoms with Crippen molar-refractivity contribution in [2.75, 3.05) is 0 Å². The van der Waals surface area contributed by atoms with Gasteiger partial charge in [-0.1, -0.05) is 25.1 Å². The van der Waals surface area contributed by atoms with Crippen LogP contribution in [0.2, 0.25) is 0 Å². The molecule has 7 heteroatoms. The van der Waals surface area contributed by atoms with Crippen LogP contribution in [0.5, 0.6) is 0 Å². The highest BCUT2D eigenvalue weighted by atomic mass is 79.9. The summed E-state index contributed by atoms with van der Waals surface area (Å²) in [6.45, 7) is 2.08. The number of para-hydroxylation sites is 1. The summed E-state index contributed by atoms with van der Waals surface area (Å²) in [6.07, 6.45) is 0.111. The molecule has 0 saturated heterocycles. The fourth-order valence-electron chi connectivity index (χ4n) is 3.94. The molecule has 2 aromatic heterocycles. The molecule has 2 aliphatic heterocycles. The van der Waals surface area contributed by atoms with Crippen LogP contribution < -0.4 is 5.56 Å². The second-order valence-electron chi connectivity index (χ2n) is 6.87. The number of rotatable bonds is 1. The standard InChI is InChI=1S/C20H15BrN2O4/c1-2-20(26)12-8-14-16-11(7-10-5-3-4-6-13(10)22-16)9-23(14)18(24)15(12)17(21)27-19(20)25/h3-8,17,26H,2,9H2,1H3/t17?,20-/m0/s1. The Kier molecular flexibility index (Phi) is 3.39. The monoisotopic (exact) mass is 426 g/mol. The Morgan fingerprint density at radius 3 is 2.89 bits per heavy atom. The molecular weight excluding hydrogens is 412 g/mol. The van der Waals surface area contributed by atoms with Crippen LogP contribution in [0, 0.1) is 0 Å². The zero-order chi connectivity index (χ0) is 18.9. The average molecular weight is 427 g/mol. The number of hydrogen-bond acceptors (Lipinski definition) is 5. The molecule has 27 heavy (non-hydrogen) atoms. The summed E-state index contributed by atoms with van der Waals surface area (Å²) < 4.78 is 6.82. The molecule has 6 nitrogen and oxygen atoms in total. The van der Waals surface area contributed by atoms with E-state index in [1.807, 2.05) is 30.3 Å². The van der Waals surface area contributed by atoms with E-state index in [1.54, 1.807) is 17.6 Å². The number of benzene rings is 1. The SMILES string of the molecule is CC[C@@]1(O)C(=O)OC(Br)c2c1cc1n(c2=O)Cc2cc3ccccc3nc2-1. The summed E-state index contributed by atoms with van der Waals surface area (Å²) in [6, 6.07) is 11.5. The quantitative estimate of drug-likeness (QED) is 0.373. The highest BCUT2D eigenvalue weighted by molar-refractivity contribution is 9.09. The molecule has 4 heterocycles. The third kappa shape index (κ3) is 2.12. The van der Waals surface area contributed by atoms with Crippen LogP contribution in [-0.4, -0.2) is 20.6 Å². The predicted molar refractivity (Wildman–Crippen MR) is 102 cm³/mol. The Balaban J connectivity index is 1.83. The average Bonchev–Trinajstić information content (AvgIpc) is 3.02. The van der Waals surface area contributed by atoms with Gasteiger partial charge in [0.1, 0.15) is 0 Å². The van der Waals surface area contributed by atoms with E-state index in [2.05, 4.69) is 15.9 Å². The van der Waals surface area contributed by atoms with Crippen molar-refractivity contribution in [2.24, 2.45) is 0 Å². The first-order chi connectivity index (χ1) is 12.9. The van der Waals surface area contributed by atoms with Crippen molar-refractivity contribution in [3.8, 4) is 11.4 Å². The Hall–Kier alpha value is -2.51. The van der Waals surface area contributed by atoms with Crippen LogP contribution in [0.1, 0.15) is 35.0 Å². The Labute approximate surface area is 162 Å². The normalized spacial score (nSPS) is 22.9. The number of esters is 1. The van der Waals surface area contributed by atoms with Gasteiger partial charge in [0.15, 0.2) is 10.6 Å². The molecule has 0 bridgehead atoms. The largest absolute Gasteiger partial charge is 0.443 e. The molecule has 1 unspecified atom stereocenters. The number of aliphatic hydroxyl groups is 1. The minimum Gasteiger partial charge on any atom is -0.443 e. The smallest absolute Gasteiger partial charge is 0.344 e. The van der Waals surface area contributed by atoms with E-state index in [9.17, 15) is 14.7 Å². The zero-order valence-electron chi connectivity index (χ0n) is 14.4. The molecule has 0 radical (unpaired) electrons. The van der Waals surface area contributed by atoms with Gasteiger partial charge in [0.05, 0.1) is 29.0 Å². The number of pyridine rings is 2. The van der Waals surface area contributed by atoms with E-state index in [-0.39, 0.29) is 17.5 Å². The summed E-state index contributed by atoms with van der Waals surface area (Å²) in [5.74, 6) is -0.756. The Bertz CT molecular complexity index is 1200. The number of hydrogen-bond donors (Lipinski definition) is 1. The van der Waals surface area contributed by atoms with Gasteiger partial charge in [-0.05, 0) is 40.5 Å². The van der Waals surface area contributed by atoms with E-state index >= 15 is 0 Å². The lowest BCUT2D eigenvalue weighted by Crippen LogP contribution is -2.45. The topological polar surface area (TPSA) is 81.4 Å². The molecule has 2 aliphatic rings. The van der Waals surface area contributed by atoms with E-state index in [0.29, 0.717) is 23.5 Å². The van der Waals surface area contributed by atoms with Gasteiger partial charge in [0, 0.05) is 16.5 Å². The van der Waals surface area contributed by atoms with Gasteiger partial charge in [-0.15, -0.1) is 0 Å². The second kappa shape index (κ2) is 5.50. The van der Waals surface area contributed by atoms with Gasteiger partial charge >= 0.3 is 5.97 Å². The molecule has 0 aliphatic carbocycles. The van der Waals surface area contributed by atoms with Crippen LogP contribution in [-0.2, 0) is 21.7 Å². The van der Waals surface area contributed by atoms with Crippen LogP contribution in [0.15, 0.2) is 41.2 Å². The van der Waals surface area contributed by atoms with E-state index in [1.165, 1.54) is 0 Å². The molecule has 1 N–H and O–H groups in total. The van der Waals surface area contributed by atoms with Crippen LogP contribution in [0.3, 0.4) is 0 Å². The first-order valence-corrected chi connectivity index (χ1v) is 9.60. The molecule has 5 rings (SSSR count). The molecular formula is C20H15BrN2O4. The lowest BCUT2D eigenvalue weighted by molar-refractivity contribution is -0.172. The molecule has 0 spiro atoms. The van der Waals surface area contributed by atoms with Crippen molar-refractivity contribution < 1.29 is 14.6 Å². The molecule has 2 atom stereocenters. The maximum atomic E-state index is 13.2. The summed E-state index contributed by atoms with van der Waals surface area (Å²) in [5.41, 5.74) is 1.52. The number of carbonyl (C=O) groups excluding carboxylic acids is 1. The van der Waals surface area contributed by atoms with Gasteiger partial charge in [0.25, 0.3) is 5.56 Å². The first-order valence-electron chi connectivity index (χ1n) is 8.69. The molecule has 0 amide bonds. The highest BCUT2D eigenvalue weighted by Gasteiger charge is 2.48. The van der Waals surface area contributed by atoms with Crippen LogP contribution in [0.4, 0.5) is 0 Å². The van der Waals surface area contributed by atoms with Gasteiger partial charge in [0.2, 0.25) is 0 Å². The minimum atomic E-state index is -1.84. The van der Waals surface area contributed by atoms with Gasteiger partial charge < -0.3 is 14.4 Å². The summed E-state index contributed by atoms with van der Waals surface area (Å²) >= 11 is 3.26. The first kappa shape index (κ1) is 16.6. The minimum absolute atomic E-state index is 0.111. The third-order valence-electron chi connectivity index (χ3n) is 5.44. The van der Waals surface area contributed by atoms with E-state index in [4.69, 9.17) is 9.72 Å². The summed E-state index contributed by atoms with van der Waals surface area (Å²) in [7, 11) is 0. The number of halogens is 1. The molecule has 0 fully saturated rings. The zero-order valence-corrected chi connectivity index (χ0v) is 16.0. The van der Waals surface area contributed by atoms with Crippen molar-refractivity contribution in [3.63, 3.8) is 0 Å². The van der Waals surface area contributed by atoms with Crippen LogP contribution in [0.25, 0.3) is 22.3 Å². The van der Waals surface area contributed by atoms with Crippen molar-refractivity contribution in [2.45, 2.75) is 30.5 Å². The highest BCUT2D eigenvalue weighted by Crippen LogP contribution is 2.43. The Morgan fingerprint density at radius 1 is 1.33 bits per heavy atom.